The Kier molecular flexibility index (Phi) is 11.4. The molecule has 4 atom stereocenters. The first-order chi connectivity index (χ1) is 18.7. The molecule has 0 aliphatic carbocycles. The van der Waals surface area contributed by atoms with E-state index < -0.39 is 47.3 Å². The second kappa shape index (κ2) is 14.0. The molecular weight excluding hydrogens is 518 g/mol. The van der Waals surface area contributed by atoms with Crippen LogP contribution in [0.25, 0.3) is 0 Å². The molecule has 3 rings (SSSR count). The maximum Gasteiger partial charge on any atom is 0.408 e. The largest absolute Gasteiger partial charge is 0.444 e. The monoisotopic (exact) mass is 566 g/mol. The Morgan fingerprint density at radius 2 is 1.68 bits per heavy atom. The average Bonchev–Trinajstić information content (AvgIpc) is 3.13. The third-order valence-corrected chi connectivity index (χ3v) is 7.76. The molecule has 9 heteroatoms. The number of rotatable bonds is 12. The minimum atomic E-state index is -2.16. The van der Waals surface area contributed by atoms with Crippen molar-refractivity contribution in [2.24, 2.45) is 0 Å². The van der Waals surface area contributed by atoms with Crippen molar-refractivity contribution in [2.45, 2.75) is 140 Å². The van der Waals surface area contributed by atoms with Gasteiger partial charge in [-0.25, -0.2) is 13.6 Å². The van der Waals surface area contributed by atoms with Crippen molar-refractivity contribution in [1.29, 1.82) is 0 Å². The average molecular weight is 567 g/mol. The topological polar surface area (TPSA) is 56.8 Å². The smallest absolute Gasteiger partial charge is 0.408 e. The van der Waals surface area contributed by atoms with Crippen molar-refractivity contribution in [1.82, 2.24) is 5.32 Å². The van der Waals surface area contributed by atoms with Gasteiger partial charge >= 0.3 is 6.09 Å². The van der Waals surface area contributed by atoms with Crippen molar-refractivity contribution >= 4 is 13.4 Å². The zero-order valence-electron chi connectivity index (χ0n) is 25.2. The van der Waals surface area contributed by atoms with Crippen LogP contribution in [0.1, 0.15) is 109 Å². The van der Waals surface area contributed by atoms with Gasteiger partial charge in [0.2, 0.25) is 0 Å². The highest BCUT2D eigenvalue weighted by Crippen LogP contribution is 2.38. The molecule has 0 aromatic heterocycles. The fourth-order valence-electron chi connectivity index (χ4n) is 5.39. The van der Waals surface area contributed by atoms with E-state index >= 15 is 0 Å². The Hall–Kier alpha value is -1.74. The zero-order valence-corrected chi connectivity index (χ0v) is 25.2. The second-order valence-corrected chi connectivity index (χ2v) is 13.0. The Morgan fingerprint density at radius 1 is 1.02 bits per heavy atom. The van der Waals surface area contributed by atoms with Gasteiger partial charge < -0.3 is 19.5 Å². The summed E-state index contributed by atoms with van der Waals surface area (Å²) in [5.74, 6) is -1.76. The van der Waals surface area contributed by atoms with E-state index in [0.29, 0.717) is 18.4 Å². The van der Waals surface area contributed by atoms with Crippen LogP contribution in [0.4, 0.5) is 18.0 Å². The first-order valence-corrected chi connectivity index (χ1v) is 14.9. The molecule has 0 spiro atoms. The van der Waals surface area contributed by atoms with Crippen LogP contribution in [0.3, 0.4) is 0 Å². The summed E-state index contributed by atoms with van der Waals surface area (Å²) in [6.45, 7) is 11.6. The molecule has 2 aliphatic heterocycles. The first-order valence-electron chi connectivity index (χ1n) is 14.9. The summed E-state index contributed by atoms with van der Waals surface area (Å²) in [5, 5.41) is 2.96. The maximum absolute atomic E-state index is 15.0. The third-order valence-electron chi connectivity index (χ3n) is 7.76. The van der Waals surface area contributed by atoms with Gasteiger partial charge in [-0.2, -0.15) is 0 Å². The van der Waals surface area contributed by atoms with Gasteiger partial charge in [-0.3, -0.25) is 4.39 Å². The van der Waals surface area contributed by atoms with Gasteiger partial charge in [-0.05, 0) is 82.8 Å². The standard InChI is InChI=1S/C31H48BF3NO4/c1-7-8-9-10-11-12-13-21-14-15-22(23(18-21)24-25(33)26(34)27(35)32-24)16-17-31(19-38-30(5,6)39-20-31)36-28(37)40-29(2,3)4/h14-15,18,24-27H,7-13,16-17,19-20H2,1-6H3,(H,36,37). The van der Waals surface area contributed by atoms with Crippen molar-refractivity contribution in [3.05, 3.63) is 34.9 Å². The van der Waals surface area contributed by atoms with Gasteiger partial charge in [0, 0.05) is 0 Å². The summed E-state index contributed by atoms with van der Waals surface area (Å²) in [7, 11) is 1.16. The van der Waals surface area contributed by atoms with Crippen LogP contribution in [0, 0.1) is 0 Å². The molecule has 0 saturated carbocycles. The minimum absolute atomic E-state index is 0.199. The molecule has 1 amide bonds. The first kappa shape index (κ1) is 32.8. The molecule has 2 saturated heterocycles. The van der Waals surface area contributed by atoms with Gasteiger partial charge in [0.1, 0.15) is 17.8 Å². The number of ether oxygens (including phenoxy) is 3. The normalized spacial score (nSPS) is 25.8. The molecule has 1 radical (unpaired) electrons. The number of halogens is 3. The lowest BCUT2D eigenvalue weighted by molar-refractivity contribution is -0.271. The van der Waals surface area contributed by atoms with Crippen LogP contribution in [0.15, 0.2) is 18.2 Å². The molecule has 1 aromatic rings. The van der Waals surface area contributed by atoms with Crippen LogP contribution in [-0.4, -0.2) is 61.9 Å². The van der Waals surface area contributed by atoms with Crippen molar-refractivity contribution in [2.75, 3.05) is 13.2 Å². The second-order valence-electron chi connectivity index (χ2n) is 13.0. The lowest BCUT2D eigenvalue weighted by Crippen LogP contribution is -2.61. The SMILES string of the molecule is CCCCCCCCc1ccc(CCC2(NC(=O)OC(C)(C)C)COC(C)(C)OC2)c(C2[B]C(F)C(F)C2F)c1. The van der Waals surface area contributed by atoms with Crippen molar-refractivity contribution in [3.63, 3.8) is 0 Å². The summed E-state index contributed by atoms with van der Waals surface area (Å²) in [6.07, 6.45) is 2.04. The number of aryl methyl sites for hydroxylation is 2. The molecule has 1 aromatic carbocycles. The molecule has 225 valence electrons. The highest BCUT2D eigenvalue weighted by atomic mass is 19.2. The fourth-order valence-corrected chi connectivity index (χ4v) is 5.39. The van der Waals surface area contributed by atoms with E-state index in [-0.39, 0.29) is 13.2 Å². The molecule has 2 heterocycles. The summed E-state index contributed by atoms with van der Waals surface area (Å²) >= 11 is 0. The van der Waals surface area contributed by atoms with E-state index in [2.05, 4.69) is 12.2 Å². The fraction of sp³-hybridized carbons (Fsp3) is 0.774. The maximum atomic E-state index is 15.0. The number of hydrogen-bond acceptors (Lipinski definition) is 4. The summed E-state index contributed by atoms with van der Waals surface area (Å²) in [4.78, 5) is 12.7. The highest BCUT2D eigenvalue weighted by Gasteiger charge is 2.47. The van der Waals surface area contributed by atoms with Crippen LogP contribution in [0.2, 0.25) is 0 Å². The van der Waals surface area contributed by atoms with Gasteiger partial charge in [-0.1, -0.05) is 57.2 Å². The summed E-state index contributed by atoms with van der Waals surface area (Å²) in [6, 6.07) is 5.89. The number of hydrogen-bond donors (Lipinski definition) is 1. The van der Waals surface area contributed by atoms with Gasteiger partial charge in [0.25, 0.3) is 0 Å². The predicted octanol–water partition coefficient (Wildman–Crippen LogP) is 7.30. The molecule has 40 heavy (non-hydrogen) atoms. The van der Waals surface area contributed by atoms with Gasteiger partial charge in [0.15, 0.2) is 19.2 Å². The molecule has 2 fully saturated rings. The van der Waals surface area contributed by atoms with Crippen molar-refractivity contribution < 1.29 is 32.2 Å². The molecule has 5 nitrogen and oxygen atoms in total. The van der Waals surface area contributed by atoms with Crippen LogP contribution in [-0.2, 0) is 27.1 Å². The van der Waals surface area contributed by atoms with Gasteiger partial charge in [-0.15, -0.1) is 0 Å². The number of nitrogens with one attached hydrogen (secondary N) is 1. The van der Waals surface area contributed by atoms with Crippen LogP contribution in [0.5, 0.6) is 0 Å². The number of alkyl carbamates (subject to hydrolysis) is 1. The Labute approximate surface area is 239 Å². The van der Waals surface area contributed by atoms with E-state index in [0.717, 1.165) is 37.7 Å². The summed E-state index contributed by atoms with van der Waals surface area (Å²) in [5.41, 5.74) is 0.892. The van der Waals surface area contributed by atoms with Crippen molar-refractivity contribution in [3.8, 4) is 0 Å². The Morgan fingerprint density at radius 3 is 2.27 bits per heavy atom. The molecule has 1 N–H and O–H groups in total. The third kappa shape index (κ3) is 9.40. The Balaban J connectivity index is 1.79. The number of amides is 1. The van der Waals surface area contributed by atoms with E-state index in [1.807, 2.05) is 32.0 Å². The molecule has 4 unspecified atom stereocenters. The quantitative estimate of drug-likeness (QED) is 0.213. The number of carbonyl (C=O) groups excluding carboxylic acids is 1. The zero-order chi connectivity index (χ0) is 29.6. The number of unbranched alkanes of at least 4 members (excludes halogenated alkanes) is 5. The molecular formula is C31H48BF3NO4. The highest BCUT2D eigenvalue weighted by molar-refractivity contribution is 6.41. The van der Waals surface area contributed by atoms with E-state index in [1.54, 1.807) is 20.8 Å². The number of benzene rings is 1. The van der Waals surface area contributed by atoms with Crippen LogP contribution < -0.4 is 5.32 Å². The number of alkyl halides is 3. The Bertz CT molecular complexity index is 960. The van der Waals surface area contributed by atoms with E-state index in [1.165, 1.54) is 25.7 Å². The summed E-state index contributed by atoms with van der Waals surface area (Å²) < 4.78 is 60.8. The van der Waals surface area contributed by atoms with Gasteiger partial charge in [0.05, 0.1) is 18.8 Å². The predicted molar refractivity (Wildman–Crippen MR) is 153 cm³/mol. The van der Waals surface area contributed by atoms with Crippen LogP contribution >= 0.6 is 0 Å². The lowest BCUT2D eigenvalue weighted by Gasteiger charge is -2.44. The van der Waals surface area contributed by atoms with E-state index in [9.17, 15) is 18.0 Å². The molecule has 0 bridgehead atoms. The molecule has 2 aliphatic rings. The number of carbonyl (C=O) groups is 1. The lowest BCUT2D eigenvalue weighted by atomic mass is 9.62. The minimum Gasteiger partial charge on any atom is -0.444 e. The van der Waals surface area contributed by atoms with E-state index in [4.69, 9.17) is 14.2 Å².